The lowest BCUT2D eigenvalue weighted by molar-refractivity contribution is -0.384. The molecule has 3 heterocycles. The highest BCUT2D eigenvalue weighted by Gasteiger charge is 2.31. The number of ether oxygens (including phenoxy) is 3. The molecule has 0 N–H and O–H groups in total. The molecule has 216 valence electrons. The van der Waals surface area contributed by atoms with Gasteiger partial charge in [-0.05, 0) is 62.2 Å². The molecule has 0 amide bonds. The van der Waals surface area contributed by atoms with E-state index in [0.29, 0.717) is 62.3 Å². The van der Waals surface area contributed by atoms with Gasteiger partial charge < -0.3 is 18.6 Å². The standard InChI is InChI=1S/C30H27N3O8S/c1-5-39-24-11-7-18(14-25(24)40-6-2)27-22(29(35)38-4)16-31-30-32(27)28(34)26(42-30)15-20-9-12-23(41-20)21-10-8-19(33(36)37)13-17(21)3/h7-16,27H,5-6H2,1-4H3/b26-15+/t27-/m0/s1. The number of nitro groups is 1. The number of nitrogens with zero attached hydrogens (tertiary/aromatic N) is 3. The van der Waals surface area contributed by atoms with Crippen molar-refractivity contribution in [1.82, 2.24) is 4.57 Å². The molecule has 0 bridgehead atoms. The summed E-state index contributed by atoms with van der Waals surface area (Å²) in [5, 5.41) is 11.1. The van der Waals surface area contributed by atoms with E-state index in [1.54, 1.807) is 49.4 Å². The fraction of sp³-hybridized carbons (Fsp3) is 0.233. The lowest BCUT2D eigenvalue weighted by Crippen LogP contribution is -2.39. The number of aryl methyl sites for hydroxylation is 1. The maximum Gasteiger partial charge on any atom is 0.337 e. The van der Waals surface area contributed by atoms with Crippen LogP contribution in [0.1, 0.15) is 36.8 Å². The number of carbonyl (C=O) groups excluding carboxylic acids is 1. The Morgan fingerprint density at radius 2 is 1.88 bits per heavy atom. The molecule has 0 unspecified atom stereocenters. The molecule has 2 aromatic heterocycles. The van der Waals surface area contributed by atoms with E-state index < -0.39 is 16.9 Å². The molecule has 0 radical (unpaired) electrons. The largest absolute Gasteiger partial charge is 0.490 e. The Morgan fingerprint density at radius 1 is 1.12 bits per heavy atom. The number of furan rings is 1. The van der Waals surface area contributed by atoms with Crippen LogP contribution in [0.15, 0.2) is 74.5 Å². The number of fused-ring (bicyclic) bond motifs is 1. The van der Waals surface area contributed by atoms with Crippen LogP contribution in [0, 0.1) is 17.0 Å². The van der Waals surface area contributed by atoms with Gasteiger partial charge in [0, 0.05) is 30.0 Å². The number of hydrogen-bond acceptors (Lipinski definition) is 10. The quantitative estimate of drug-likeness (QED) is 0.160. The maximum atomic E-state index is 13.8. The van der Waals surface area contributed by atoms with Crippen molar-refractivity contribution in [3.05, 3.63) is 107 Å². The molecule has 0 saturated carbocycles. The number of thiazole rings is 1. The van der Waals surface area contributed by atoms with E-state index in [4.69, 9.17) is 18.6 Å². The number of benzene rings is 2. The molecule has 11 nitrogen and oxygen atoms in total. The summed E-state index contributed by atoms with van der Waals surface area (Å²) < 4.78 is 24.3. The van der Waals surface area contributed by atoms with Gasteiger partial charge in [-0.3, -0.25) is 19.5 Å². The molecular formula is C30H27N3O8S. The van der Waals surface area contributed by atoms with Crippen LogP contribution in [-0.4, -0.2) is 35.8 Å². The second-order valence-corrected chi connectivity index (χ2v) is 10.2. The monoisotopic (exact) mass is 589 g/mol. The van der Waals surface area contributed by atoms with Gasteiger partial charge >= 0.3 is 5.97 Å². The van der Waals surface area contributed by atoms with Crippen molar-refractivity contribution >= 4 is 29.1 Å². The minimum absolute atomic E-state index is 0.00840. The summed E-state index contributed by atoms with van der Waals surface area (Å²) in [5.41, 5.74) is 1.82. The molecule has 0 saturated heterocycles. The molecule has 1 aliphatic rings. The molecule has 1 atom stereocenters. The lowest BCUT2D eigenvalue weighted by Gasteiger charge is -2.23. The molecule has 1 aliphatic heterocycles. The van der Waals surface area contributed by atoms with E-state index in [1.807, 2.05) is 13.8 Å². The predicted molar refractivity (Wildman–Crippen MR) is 155 cm³/mol. The van der Waals surface area contributed by atoms with Crippen LogP contribution in [0.25, 0.3) is 17.4 Å². The van der Waals surface area contributed by atoms with E-state index >= 15 is 0 Å². The number of non-ortho nitro benzene ring substituents is 1. The van der Waals surface area contributed by atoms with E-state index in [0.717, 1.165) is 11.3 Å². The molecule has 4 aromatic rings. The van der Waals surface area contributed by atoms with Crippen molar-refractivity contribution in [1.29, 1.82) is 0 Å². The number of esters is 1. The second kappa shape index (κ2) is 11.9. The van der Waals surface area contributed by atoms with Gasteiger partial charge in [0.15, 0.2) is 16.3 Å². The molecule has 5 rings (SSSR count). The van der Waals surface area contributed by atoms with E-state index in [-0.39, 0.29) is 16.8 Å². The Hall–Kier alpha value is -4.97. The van der Waals surface area contributed by atoms with E-state index in [1.165, 1.54) is 30.0 Å². The SMILES string of the molecule is CCOc1ccc([C@H]2C(C(=O)OC)=CN=c3s/c(=C/c4ccc(-c5ccc([N+](=O)[O-])cc5C)o4)c(=O)n32)cc1OCC. The first kappa shape index (κ1) is 28.6. The van der Waals surface area contributed by atoms with Crippen molar-refractivity contribution in [2.75, 3.05) is 20.3 Å². The van der Waals surface area contributed by atoms with Gasteiger partial charge in [-0.25, -0.2) is 9.79 Å². The van der Waals surface area contributed by atoms with E-state index in [9.17, 15) is 19.7 Å². The van der Waals surface area contributed by atoms with Crippen LogP contribution in [0.2, 0.25) is 0 Å². The lowest BCUT2D eigenvalue weighted by atomic mass is 9.97. The van der Waals surface area contributed by atoms with Gasteiger partial charge in [0.1, 0.15) is 11.5 Å². The van der Waals surface area contributed by atoms with Crippen LogP contribution in [0.5, 0.6) is 11.5 Å². The highest BCUT2D eigenvalue weighted by Crippen LogP contribution is 2.35. The Labute approximate surface area is 243 Å². The molecular weight excluding hydrogens is 562 g/mol. The smallest absolute Gasteiger partial charge is 0.337 e. The first-order chi connectivity index (χ1) is 20.2. The summed E-state index contributed by atoms with van der Waals surface area (Å²) in [6.07, 6.45) is 3.03. The fourth-order valence-electron chi connectivity index (χ4n) is 4.73. The van der Waals surface area contributed by atoms with Crippen LogP contribution in [0.3, 0.4) is 0 Å². The normalized spacial score (nSPS) is 14.5. The van der Waals surface area contributed by atoms with E-state index in [2.05, 4.69) is 4.99 Å². The van der Waals surface area contributed by atoms with Crippen LogP contribution >= 0.6 is 11.3 Å². The number of nitro benzene ring substituents is 1. The van der Waals surface area contributed by atoms with Gasteiger partial charge in [0.2, 0.25) is 0 Å². The highest BCUT2D eigenvalue weighted by molar-refractivity contribution is 7.07. The molecule has 0 spiro atoms. The first-order valence-corrected chi connectivity index (χ1v) is 13.9. The van der Waals surface area contributed by atoms with Crippen molar-refractivity contribution in [2.45, 2.75) is 26.8 Å². The summed E-state index contributed by atoms with van der Waals surface area (Å²) in [6.45, 7) is 6.33. The third-order valence-corrected chi connectivity index (χ3v) is 7.59. The maximum absolute atomic E-state index is 13.8. The van der Waals surface area contributed by atoms with Gasteiger partial charge in [-0.1, -0.05) is 17.4 Å². The number of hydrogen-bond donors (Lipinski definition) is 0. The molecule has 0 aliphatic carbocycles. The summed E-state index contributed by atoms with van der Waals surface area (Å²) in [4.78, 5) is 42.0. The Kier molecular flexibility index (Phi) is 8.07. The van der Waals surface area contributed by atoms with Crippen molar-refractivity contribution < 1.29 is 28.3 Å². The zero-order valence-electron chi connectivity index (χ0n) is 23.3. The zero-order valence-corrected chi connectivity index (χ0v) is 24.1. The fourth-order valence-corrected chi connectivity index (χ4v) is 5.68. The van der Waals surface area contributed by atoms with Crippen LogP contribution in [0.4, 0.5) is 5.69 Å². The number of methoxy groups -OCH3 is 1. The third kappa shape index (κ3) is 5.36. The Morgan fingerprint density at radius 3 is 2.57 bits per heavy atom. The molecule has 42 heavy (non-hydrogen) atoms. The van der Waals surface area contributed by atoms with Gasteiger partial charge in [0.05, 0.1) is 41.4 Å². The van der Waals surface area contributed by atoms with Gasteiger partial charge in [0.25, 0.3) is 11.2 Å². The molecule has 12 heteroatoms. The third-order valence-electron chi connectivity index (χ3n) is 6.59. The summed E-state index contributed by atoms with van der Waals surface area (Å²) in [7, 11) is 1.27. The van der Waals surface area contributed by atoms with Crippen LogP contribution < -0.4 is 24.4 Å². The Bertz CT molecular complexity index is 1900. The van der Waals surface area contributed by atoms with Crippen molar-refractivity contribution in [2.24, 2.45) is 4.99 Å². The van der Waals surface area contributed by atoms with Gasteiger partial charge in [-0.2, -0.15) is 0 Å². The average Bonchev–Trinajstić information content (AvgIpc) is 3.57. The number of rotatable bonds is 9. The van der Waals surface area contributed by atoms with Crippen molar-refractivity contribution in [3.63, 3.8) is 0 Å². The second-order valence-electron chi connectivity index (χ2n) is 9.21. The Balaban J connectivity index is 1.59. The molecule has 2 aromatic carbocycles. The van der Waals surface area contributed by atoms with Gasteiger partial charge in [-0.15, -0.1) is 0 Å². The predicted octanol–water partition coefficient (Wildman–Crippen LogP) is 4.29. The summed E-state index contributed by atoms with van der Waals surface area (Å²) >= 11 is 1.16. The summed E-state index contributed by atoms with van der Waals surface area (Å²) in [5.74, 6) is 1.35. The van der Waals surface area contributed by atoms with Crippen molar-refractivity contribution in [3.8, 4) is 22.8 Å². The topological polar surface area (TPSA) is 135 Å². The number of aromatic nitrogens is 1. The zero-order chi connectivity index (χ0) is 30.0. The van der Waals surface area contributed by atoms with Crippen LogP contribution in [-0.2, 0) is 9.53 Å². The average molecular weight is 590 g/mol. The molecule has 0 fully saturated rings. The minimum atomic E-state index is -0.819. The highest BCUT2D eigenvalue weighted by atomic mass is 32.1. The minimum Gasteiger partial charge on any atom is -0.490 e. The summed E-state index contributed by atoms with van der Waals surface area (Å²) in [6, 6.07) is 12.4. The number of carbonyl (C=O) groups is 1. The first-order valence-electron chi connectivity index (χ1n) is 13.1.